The summed E-state index contributed by atoms with van der Waals surface area (Å²) in [5.41, 5.74) is 0. The molecule has 6 heteroatoms. The molecule has 0 aromatic carbocycles. The van der Waals surface area contributed by atoms with Crippen molar-refractivity contribution in [1.29, 1.82) is 0 Å². The molecule has 1 atom stereocenters. The first-order chi connectivity index (χ1) is 8.04. The Hall–Kier alpha value is -0.880. The van der Waals surface area contributed by atoms with Crippen LogP contribution in [-0.2, 0) is 10.0 Å². The average molecular weight is 257 g/mol. The normalized spacial score (nSPS) is 22.1. The van der Waals surface area contributed by atoms with Crippen molar-refractivity contribution in [2.45, 2.75) is 38.1 Å². The van der Waals surface area contributed by atoms with Crippen LogP contribution in [0, 0.1) is 12.8 Å². The number of H-pyrrole nitrogens is 1. The molecule has 0 saturated carbocycles. The van der Waals surface area contributed by atoms with Crippen LogP contribution in [0.5, 0.6) is 0 Å². The molecule has 1 aromatic heterocycles. The minimum absolute atomic E-state index is 0.215. The second kappa shape index (κ2) is 4.78. The summed E-state index contributed by atoms with van der Waals surface area (Å²) in [4.78, 5) is 6.75. The van der Waals surface area contributed by atoms with Crippen LogP contribution in [0.2, 0.25) is 0 Å². The number of sulfonamides is 1. The van der Waals surface area contributed by atoms with Crippen molar-refractivity contribution >= 4 is 10.0 Å². The van der Waals surface area contributed by atoms with Crippen LogP contribution in [0.3, 0.4) is 0 Å². The van der Waals surface area contributed by atoms with E-state index in [0.717, 1.165) is 19.3 Å². The zero-order valence-electron chi connectivity index (χ0n) is 10.3. The van der Waals surface area contributed by atoms with Gasteiger partial charge in [0, 0.05) is 13.1 Å². The number of imidazole rings is 1. The zero-order valence-corrected chi connectivity index (χ0v) is 11.1. The van der Waals surface area contributed by atoms with Crippen molar-refractivity contribution in [3.8, 4) is 0 Å². The van der Waals surface area contributed by atoms with Gasteiger partial charge in [-0.1, -0.05) is 13.3 Å². The highest BCUT2D eigenvalue weighted by Crippen LogP contribution is 2.26. The number of aryl methyl sites for hydroxylation is 1. The Morgan fingerprint density at radius 2 is 2.35 bits per heavy atom. The van der Waals surface area contributed by atoms with E-state index in [1.165, 1.54) is 6.20 Å². The van der Waals surface area contributed by atoms with Gasteiger partial charge in [0.2, 0.25) is 0 Å². The molecule has 0 amide bonds. The molecule has 0 aliphatic carbocycles. The molecule has 5 nitrogen and oxygen atoms in total. The standard InChI is InChI=1S/C11H19N3O2S/c1-3-4-10-5-6-14(8-10)17(15,16)11-7-12-9(2)13-11/h7,10H,3-6,8H2,1-2H3,(H,12,13). The number of aromatic amines is 1. The van der Waals surface area contributed by atoms with Crippen molar-refractivity contribution in [1.82, 2.24) is 14.3 Å². The predicted molar refractivity (Wildman–Crippen MR) is 65.1 cm³/mol. The molecule has 96 valence electrons. The van der Waals surface area contributed by atoms with E-state index >= 15 is 0 Å². The molecule has 0 bridgehead atoms. The molecular weight excluding hydrogens is 238 g/mol. The maximum Gasteiger partial charge on any atom is 0.260 e. The van der Waals surface area contributed by atoms with Crippen molar-refractivity contribution < 1.29 is 8.42 Å². The van der Waals surface area contributed by atoms with Crippen LogP contribution in [0.4, 0.5) is 0 Å². The van der Waals surface area contributed by atoms with Gasteiger partial charge in [-0.05, 0) is 25.7 Å². The topological polar surface area (TPSA) is 66.1 Å². The van der Waals surface area contributed by atoms with Crippen molar-refractivity contribution in [2.24, 2.45) is 5.92 Å². The van der Waals surface area contributed by atoms with Crippen LogP contribution in [0.15, 0.2) is 11.2 Å². The summed E-state index contributed by atoms with van der Waals surface area (Å²) in [6.45, 7) is 5.16. The van der Waals surface area contributed by atoms with Gasteiger partial charge in [-0.15, -0.1) is 0 Å². The summed E-state index contributed by atoms with van der Waals surface area (Å²) in [6, 6.07) is 0. The van der Waals surface area contributed by atoms with E-state index in [4.69, 9.17) is 0 Å². The van der Waals surface area contributed by atoms with Gasteiger partial charge in [0.25, 0.3) is 10.0 Å². The van der Waals surface area contributed by atoms with Gasteiger partial charge in [-0.2, -0.15) is 4.31 Å². The predicted octanol–water partition coefficient (Wildman–Crippen LogP) is 1.53. The van der Waals surface area contributed by atoms with Gasteiger partial charge in [-0.3, -0.25) is 0 Å². The molecule has 1 unspecified atom stereocenters. The third-order valence-electron chi connectivity index (χ3n) is 3.24. The lowest BCUT2D eigenvalue weighted by atomic mass is 10.0. The fraction of sp³-hybridized carbons (Fsp3) is 0.727. The maximum atomic E-state index is 12.3. The molecule has 2 heterocycles. The number of hydrogen-bond donors (Lipinski definition) is 1. The lowest BCUT2D eigenvalue weighted by Gasteiger charge is -2.14. The highest BCUT2D eigenvalue weighted by Gasteiger charge is 2.32. The van der Waals surface area contributed by atoms with Crippen molar-refractivity contribution in [3.05, 3.63) is 12.0 Å². The van der Waals surface area contributed by atoms with Crippen LogP contribution in [-0.4, -0.2) is 35.8 Å². The van der Waals surface area contributed by atoms with E-state index in [1.807, 2.05) is 0 Å². The van der Waals surface area contributed by atoms with Crippen LogP contribution < -0.4 is 0 Å². The Morgan fingerprint density at radius 3 is 2.94 bits per heavy atom. The first kappa shape index (κ1) is 12.6. The average Bonchev–Trinajstić information content (AvgIpc) is 2.88. The lowest BCUT2D eigenvalue weighted by Crippen LogP contribution is -2.29. The fourth-order valence-electron chi connectivity index (χ4n) is 2.33. The maximum absolute atomic E-state index is 12.3. The number of rotatable bonds is 4. The first-order valence-corrected chi connectivity index (χ1v) is 7.49. The van der Waals surface area contributed by atoms with E-state index in [1.54, 1.807) is 11.2 Å². The van der Waals surface area contributed by atoms with Crippen LogP contribution in [0.25, 0.3) is 0 Å². The Morgan fingerprint density at radius 1 is 1.59 bits per heavy atom. The van der Waals surface area contributed by atoms with E-state index in [-0.39, 0.29) is 5.03 Å². The smallest absolute Gasteiger partial charge is 0.260 e. The van der Waals surface area contributed by atoms with Crippen LogP contribution in [0.1, 0.15) is 32.0 Å². The van der Waals surface area contributed by atoms with E-state index in [0.29, 0.717) is 24.8 Å². The second-order valence-corrected chi connectivity index (χ2v) is 6.55. The number of hydrogen-bond acceptors (Lipinski definition) is 3. The Labute approximate surface area is 102 Å². The molecule has 1 N–H and O–H groups in total. The van der Waals surface area contributed by atoms with Gasteiger partial charge in [0.05, 0.1) is 6.20 Å². The summed E-state index contributed by atoms with van der Waals surface area (Å²) < 4.78 is 26.1. The van der Waals surface area contributed by atoms with Gasteiger partial charge in [0.15, 0.2) is 5.03 Å². The third-order valence-corrected chi connectivity index (χ3v) is 5.02. The van der Waals surface area contributed by atoms with E-state index < -0.39 is 10.0 Å². The molecule has 1 aromatic rings. The largest absolute Gasteiger partial charge is 0.332 e. The summed E-state index contributed by atoms with van der Waals surface area (Å²) in [5.74, 6) is 1.15. The zero-order chi connectivity index (χ0) is 12.5. The Bertz CT molecular complexity index is 481. The van der Waals surface area contributed by atoms with Crippen molar-refractivity contribution in [2.75, 3.05) is 13.1 Å². The lowest BCUT2D eigenvalue weighted by molar-refractivity contribution is 0.443. The van der Waals surface area contributed by atoms with Gasteiger partial charge >= 0.3 is 0 Å². The Kier molecular flexibility index (Phi) is 3.53. The first-order valence-electron chi connectivity index (χ1n) is 6.05. The molecule has 1 fully saturated rings. The highest BCUT2D eigenvalue weighted by atomic mass is 32.2. The third kappa shape index (κ3) is 2.52. The molecule has 0 radical (unpaired) electrons. The summed E-state index contributed by atoms with van der Waals surface area (Å²) in [7, 11) is -3.35. The number of nitrogens with zero attached hydrogens (tertiary/aromatic N) is 2. The van der Waals surface area contributed by atoms with Crippen molar-refractivity contribution in [3.63, 3.8) is 0 Å². The molecule has 1 saturated heterocycles. The minimum atomic E-state index is -3.35. The Balaban J connectivity index is 2.13. The van der Waals surface area contributed by atoms with Gasteiger partial charge in [0.1, 0.15) is 5.82 Å². The van der Waals surface area contributed by atoms with Gasteiger partial charge in [-0.25, -0.2) is 13.4 Å². The minimum Gasteiger partial charge on any atom is -0.332 e. The quantitative estimate of drug-likeness (QED) is 0.889. The monoisotopic (exact) mass is 257 g/mol. The molecular formula is C11H19N3O2S. The van der Waals surface area contributed by atoms with E-state index in [9.17, 15) is 8.42 Å². The molecule has 17 heavy (non-hydrogen) atoms. The van der Waals surface area contributed by atoms with E-state index in [2.05, 4.69) is 16.9 Å². The van der Waals surface area contributed by atoms with Crippen LogP contribution >= 0.6 is 0 Å². The number of aromatic nitrogens is 2. The highest BCUT2D eigenvalue weighted by molar-refractivity contribution is 7.89. The molecule has 2 rings (SSSR count). The second-order valence-electron chi connectivity index (χ2n) is 4.64. The van der Waals surface area contributed by atoms with Gasteiger partial charge < -0.3 is 4.98 Å². The summed E-state index contributed by atoms with van der Waals surface area (Å²) in [6.07, 6.45) is 4.59. The SMILES string of the molecule is CCCC1CCN(S(=O)(=O)c2cnc(C)[nH]2)C1. The molecule has 0 spiro atoms. The molecule has 1 aliphatic rings. The number of nitrogens with one attached hydrogen (secondary N) is 1. The molecule has 1 aliphatic heterocycles. The summed E-state index contributed by atoms with van der Waals surface area (Å²) in [5, 5.41) is 0.215. The fourth-order valence-corrected chi connectivity index (χ4v) is 3.82. The summed E-state index contributed by atoms with van der Waals surface area (Å²) >= 11 is 0.